The van der Waals surface area contributed by atoms with Crippen molar-refractivity contribution >= 4 is 18.9 Å². The zero-order valence-corrected chi connectivity index (χ0v) is 17.5. The first kappa shape index (κ1) is 19.3. The van der Waals surface area contributed by atoms with E-state index in [1.807, 2.05) is 29.8 Å². The fourth-order valence-electron chi connectivity index (χ4n) is 3.41. The van der Waals surface area contributed by atoms with Crippen LogP contribution in [0.5, 0.6) is 5.75 Å². The van der Waals surface area contributed by atoms with Crippen LogP contribution in [0.1, 0.15) is 24.3 Å². The number of ether oxygens (including phenoxy) is 1. The van der Waals surface area contributed by atoms with E-state index >= 15 is 0 Å². The van der Waals surface area contributed by atoms with E-state index in [4.69, 9.17) is 13.8 Å². The van der Waals surface area contributed by atoms with Gasteiger partial charge in [-0.1, -0.05) is 6.07 Å². The standard InChI is InChI=1S/C20H21N2O4PS/c1-3-25-27(23,26-4-2)13-24-17-6-5-15(14-7-9-21-10-8-14)16-11-18-20(19(16)17)22-12-28-18/h5-10,12H,3-4,11,13H2,1-2H3. The average molecular weight is 416 g/mol. The zero-order valence-electron chi connectivity index (χ0n) is 15.8. The quantitative estimate of drug-likeness (QED) is 0.359. The second-order valence-corrected chi connectivity index (χ2v) is 9.16. The van der Waals surface area contributed by atoms with E-state index in [2.05, 4.69) is 9.97 Å². The van der Waals surface area contributed by atoms with E-state index in [1.165, 1.54) is 10.4 Å². The Hall–Kier alpha value is -2.05. The summed E-state index contributed by atoms with van der Waals surface area (Å²) < 4.78 is 29.4. The van der Waals surface area contributed by atoms with Crippen molar-refractivity contribution in [3.8, 4) is 28.1 Å². The van der Waals surface area contributed by atoms with Crippen LogP contribution in [-0.4, -0.2) is 29.5 Å². The highest BCUT2D eigenvalue weighted by atomic mass is 32.1. The first-order chi connectivity index (χ1) is 13.6. The van der Waals surface area contributed by atoms with Gasteiger partial charge in [0.1, 0.15) is 5.75 Å². The second-order valence-electron chi connectivity index (χ2n) is 6.22. The molecule has 0 saturated carbocycles. The van der Waals surface area contributed by atoms with Gasteiger partial charge in [0.05, 0.1) is 24.4 Å². The molecule has 8 heteroatoms. The Morgan fingerprint density at radius 1 is 1.11 bits per heavy atom. The molecular weight excluding hydrogens is 395 g/mol. The van der Waals surface area contributed by atoms with Gasteiger partial charge in [-0.2, -0.15) is 0 Å². The molecule has 0 N–H and O–H groups in total. The highest BCUT2D eigenvalue weighted by molar-refractivity contribution is 7.53. The van der Waals surface area contributed by atoms with Gasteiger partial charge in [-0.3, -0.25) is 9.55 Å². The Kier molecular flexibility index (Phi) is 5.60. The molecule has 0 fully saturated rings. The summed E-state index contributed by atoms with van der Waals surface area (Å²) >= 11 is 1.64. The maximum atomic E-state index is 12.8. The molecule has 4 rings (SSSR count). The SMILES string of the molecule is CCOP(=O)(COc1ccc(-c2ccncc2)c2c1-c1ncsc1C2)OCC. The van der Waals surface area contributed by atoms with E-state index in [-0.39, 0.29) is 6.35 Å². The molecule has 3 aromatic rings. The highest BCUT2D eigenvalue weighted by Crippen LogP contribution is 2.51. The molecule has 0 radical (unpaired) electrons. The maximum absolute atomic E-state index is 12.8. The van der Waals surface area contributed by atoms with Crippen molar-refractivity contribution in [2.24, 2.45) is 0 Å². The lowest BCUT2D eigenvalue weighted by molar-refractivity contribution is 0.197. The molecule has 6 nitrogen and oxygen atoms in total. The summed E-state index contributed by atoms with van der Waals surface area (Å²) in [4.78, 5) is 9.86. The average Bonchev–Trinajstić information content (AvgIpc) is 3.29. The van der Waals surface area contributed by atoms with Gasteiger partial charge in [0.25, 0.3) is 0 Å². The summed E-state index contributed by atoms with van der Waals surface area (Å²) in [6.45, 7) is 4.18. The summed E-state index contributed by atoms with van der Waals surface area (Å²) in [5, 5.41) is 0. The van der Waals surface area contributed by atoms with Crippen molar-refractivity contribution in [3.05, 3.63) is 52.6 Å². The van der Waals surface area contributed by atoms with Crippen molar-refractivity contribution in [3.63, 3.8) is 0 Å². The molecule has 0 aliphatic heterocycles. The molecule has 0 saturated heterocycles. The first-order valence-corrected chi connectivity index (χ1v) is 11.8. The van der Waals surface area contributed by atoms with Gasteiger partial charge in [-0.15, -0.1) is 11.3 Å². The number of rotatable bonds is 8. The Balaban J connectivity index is 1.72. The van der Waals surface area contributed by atoms with Crippen LogP contribution in [0, 0.1) is 0 Å². The number of hydrogen-bond acceptors (Lipinski definition) is 7. The number of aromatic nitrogens is 2. The minimum absolute atomic E-state index is 0.130. The molecule has 146 valence electrons. The van der Waals surface area contributed by atoms with Gasteiger partial charge in [0.15, 0.2) is 6.35 Å². The third kappa shape index (κ3) is 3.63. The topological polar surface area (TPSA) is 70.5 Å². The third-order valence-corrected chi connectivity index (χ3v) is 7.09. The Morgan fingerprint density at radius 2 is 1.86 bits per heavy atom. The van der Waals surface area contributed by atoms with Crippen LogP contribution >= 0.6 is 18.9 Å². The van der Waals surface area contributed by atoms with Crippen LogP contribution in [0.15, 0.2) is 42.2 Å². The van der Waals surface area contributed by atoms with Crippen molar-refractivity contribution in [2.75, 3.05) is 19.6 Å². The summed E-state index contributed by atoms with van der Waals surface area (Å²) in [6, 6.07) is 7.93. The molecule has 0 spiro atoms. The van der Waals surface area contributed by atoms with Crippen LogP contribution in [0.25, 0.3) is 22.4 Å². The van der Waals surface area contributed by atoms with Crippen LogP contribution in [0.3, 0.4) is 0 Å². The lowest BCUT2D eigenvalue weighted by Gasteiger charge is -2.19. The van der Waals surface area contributed by atoms with E-state index in [0.29, 0.717) is 19.0 Å². The molecule has 1 aliphatic rings. The molecule has 0 amide bonds. The molecule has 2 heterocycles. The van der Waals surface area contributed by atoms with Crippen molar-refractivity contribution in [1.82, 2.24) is 9.97 Å². The number of nitrogens with zero attached hydrogens (tertiary/aromatic N) is 2. The van der Waals surface area contributed by atoms with Crippen molar-refractivity contribution in [1.29, 1.82) is 0 Å². The lowest BCUT2D eigenvalue weighted by atomic mass is 9.96. The Labute approximate surface area is 168 Å². The summed E-state index contributed by atoms with van der Waals surface area (Å²) in [5.74, 6) is 0.650. The van der Waals surface area contributed by atoms with Gasteiger partial charge < -0.3 is 13.8 Å². The van der Waals surface area contributed by atoms with E-state index < -0.39 is 7.60 Å². The minimum Gasteiger partial charge on any atom is -0.480 e. The molecule has 1 aliphatic carbocycles. The van der Waals surface area contributed by atoms with Gasteiger partial charge >= 0.3 is 7.60 Å². The number of benzene rings is 1. The van der Waals surface area contributed by atoms with Crippen LogP contribution in [0.2, 0.25) is 0 Å². The Bertz CT molecular complexity index is 1010. The summed E-state index contributed by atoms with van der Waals surface area (Å²) in [6.07, 6.45) is 4.25. The molecular formula is C20H21N2O4PS. The molecule has 0 unspecified atom stereocenters. The van der Waals surface area contributed by atoms with E-state index in [1.54, 1.807) is 37.6 Å². The third-order valence-electron chi connectivity index (χ3n) is 4.51. The van der Waals surface area contributed by atoms with Gasteiger partial charge in [-0.25, -0.2) is 4.98 Å². The number of pyridine rings is 1. The van der Waals surface area contributed by atoms with Crippen molar-refractivity contribution < 1.29 is 18.3 Å². The minimum atomic E-state index is -3.30. The first-order valence-electron chi connectivity index (χ1n) is 9.15. The van der Waals surface area contributed by atoms with Gasteiger partial charge in [0.2, 0.25) is 0 Å². The smallest absolute Gasteiger partial charge is 0.367 e. The summed E-state index contributed by atoms with van der Waals surface area (Å²) in [7, 11) is -3.30. The fourth-order valence-corrected chi connectivity index (χ4v) is 5.49. The normalized spacial score (nSPS) is 12.6. The van der Waals surface area contributed by atoms with Crippen LogP contribution < -0.4 is 4.74 Å². The Morgan fingerprint density at radius 3 is 2.57 bits per heavy atom. The number of fused-ring (bicyclic) bond motifs is 3. The zero-order chi connectivity index (χ0) is 19.6. The number of hydrogen-bond donors (Lipinski definition) is 0. The highest BCUT2D eigenvalue weighted by Gasteiger charge is 2.30. The molecule has 1 aromatic carbocycles. The van der Waals surface area contributed by atoms with E-state index in [9.17, 15) is 4.57 Å². The lowest BCUT2D eigenvalue weighted by Crippen LogP contribution is -2.06. The van der Waals surface area contributed by atoms with Gasteiger partial charge in [0, 0.05) is 29.3 Å². The fraction of sp³-hybridized carbons (Fsp3) is 0.300. The predicted octanol–water partition coefficient (Wildman–Crippen LogP) is 5.38. The monoisotopic (exact) mass is 416 g/mol. The molecule has 0 bridgehead atoms. The van der Waals surface area contributed by atoms with Crippen LogP contribution in [0.4, 0.5) is 0 Å². The summed E-state index contributed by atoms with van der Waals surface area (Å²) in [5.41, 5.74) is 7.15. The molecule has 28 heavy (non-hydrogen) atoms. The molecule has 0 atom stereocenters. The second kappa shape index (κ2) is 8.13. The van der Waals surface area contributed by atoms with Crippen LogP contribution in [-0.2, 0) is 20.0 Å². The largest absolute Gasteiger partial charge is 0.480 e. The van der Waals surface area contributed by atoms with Gasteiger partial charge in [-0.05, 0) is 48.7 Å². The van der Waals surface area contributed by atoms with Crippen molar-refractivity contribution in [2.45, 2.75) is 20.3 Å². The molecule has 2 aromatic heterocycles. The predicted molar refractivity (Wildman–Crippen MR) is 110 cm³/mol. The number of thiazole rings is 1. The van der Waals surface area contributed by atoms with E-state index in [0.717, 1.165) is 28.8 Å². The maximum Gasteiger partial charge on any atom is 0.367 e.